The van der Waals surface area contributed by atoms with Gasteiger partial charge in [-0.2, -0.15) is 0 Å². The lowest BCUT2D eigenvalue weighted by Crippen LogP contribution is -2.09. The van der Waals surface area contributed by atoms with Gasteiger partial charge < -0.3 is 5.32 Å². The van der Waals surface area contributed by atoms with Crippen molar-refractivity contribution in [2.75, 3.05) is 13.6 Å². The number of halogens is 2. The van der Waals surface area contributed by atoms with E-state index in [1.807, 2.05) is 7.05 Å². The van der Waals surface area contributed by atoms with E-state index in [1.165, 1.54) is 12.1 Å². The molecule has 0 bridgehead atoms. The van der Waals surface area contributed by atoms with E-state index in [1.54, 1.807) is 6.92 Å². The van der Waals surface area contributed by atoms with Crippen LogP contribution in [0.5, 0.6) is 0 Å². The minimum absolute atomic E-state index is 0.209. The molecule has 0 fully saturated rings. The minimum Gasteiger partial charge on any atom is -0.320 e. The van der Waals surface area contributed by atoms with Crippen molar-refractivity contribution in [2.24, 2.45) is 0 Å². The first-order chi connectivity index (χ1) is 6.66. The molecule has 0 aliphatic rings. The number of nitrogens with one attached hydrogen (secondary N) is 1. The van der Waals surface area contributed by atoms with Gasteiger partial charge in [-0.1, -0.05) is 6.07 Å². The lowest BCUT2D eigenvalue weighted by Gasteiger charge is -2.06. The molecule has 14 heavy (non-hydrogen) atoms. The zero-order valence-corrected chi connectivity index (χ0v) is 8.53. The summed E-state index contributed by atoms with van der Waals surface area (Å²) in [5, 5.41) is 2.95. The van der Waals surface area contributed by atoms with E-state index in [4.69, 9.17) is 0 Å². The highest BCUT2D eigenvalue weighted by Gasteiger charge is 2.10. The molecular formula is C11H15F2N. The van der Waals surface area contributed by atoms with Crippen molar-refractivity contribution in [1.29, 1.82) is 0 Å². The third kappa shape index (κ3) is 2.51. The van der Waals surface area contributed by atoms with Crippen molar-refractivity contribution in [1.82, 2.24) is 5.32 Å². The zero-order valence-electron chi connectivity index (χ0n) is 8.53. The molecule has 0 saturated heterocycles. The Morgan fingerprint density at radius 3 is 2.64 bits per heavy atom. The summed E-state index contributed by atoms with van der Waals surface area (Å²) in [6.45, 7) is 2.42. The maximum atomic E-state index is 13.4. The van der Waals surface area contributed by atoms with Crippen molar-refractivity contribution in [3.63, 3.8) is 0 Å². The number of hydrogen-bond acceptors (Lipinski definition) is 1. The van der Waals surface area contributed by atoms with Crippen LogP contribution in [0.4, 0.5) is 8.78 Å². The highest BCUT2D eigenvalue weighted by Crippen LogP contribution is 2.17. The van der Waals surface area contributed by atoms with Crippen LogP contribution in [0.2, 0.25) is 0 Å². The second-order valence-electron chi connectivity index (χ2n) is 3.36. The van der Waals surface area contributed by atoms with Gasteiger partial charge in [0, 0.05) is 5.56 Å². The fourth-order valence-electron chi connectivity index (χ4n) is 1.39. The molecule has 0 aliphatic carbocycles. The Bertz CT molecular complexity index is 310. The predicted octanol–water partition coefficient (Wildman–Crippen LogP) is 2.43. The molecule has 1 aromatic rings. The van der Waals surface area contributed by atoms with Crippen molar-refractivity contribution >= 4 is 0 Å². The van der Waals surface area contributed by atoms with Crippen LogP contribution in [0.1, 0.15) is 17.5 Å². The summed E-state index contributed by atoms with van der Waals surface area (Å²) in [4.78, 5) is 0. The Hall–Kier alpha value is -0.960. The number of rotatable bonds is 4. The van der Waals surface area contributed by atoms with E-state index in [-0.39, 0.29) is 5.56 Å². The SMILES string of the molecule is CNCCCc1c(F)ccc(C)c1F. The maximum absolute atomic E-state index is 13.4. The normalized spacial score (nSPS) is 10.6. The summed E-state index contributed by atoms with van der Waals surface area (Å²) in [5.74, 6) is -0.842. The average Bonchev–Trinajstić information content (AvgIpc) is 2.18. The van der Waals surface area contributed by atoms with Crippen LogP contribution >= 0.6 is 0 Å². The average molecular weight is 199 g/mol. The second-order valence-corrected chi connectivity index (χ2v) is 3.36. The van der Waals surface area contributed by atoms with Gasteiger partial charge in [0.15, 0.2) is 0 Å². The van der Waals surface area contributed by atoms with Gasteiger partial charge in [0.25, 0.3) is 0 Å². The first kappa shape index (κ1) is 11.1. The number of aryl methyl sites for hydroxylation is 1. The van der Waals surface area contributed by atoms with Crippen molar-refractivity contribution in [2.45, 2.75) is 19.8 Å². The van der Waals surface area contributed by atoms with Crippen molar-refractivity contribution in [3.8, 4) is 0 Å². The molecule has 0 radical (unpaired) electrons. The number of benzene rings is 1. The maximum Gasteiger partial charge on any atom is 0.132 e. The van der Waals surface area contributed by atoms with Gasteiger partial charge in [-0.3, -0.25) is 0 Å². The lowest BCUT2D eigenvalue weighted by atomic mass is 10.1. The molecule has 0 heterocycles. The Morgan fingerprint density at radius 2 is 2.00 bits per heavy atom. The molecule has 3 heteroatoms. The molecule has 1 aromatic carbocycles. The van der Waals surface area contributed by atoms with E-state index in [0.717, 1.165) is 13.0 Å². The van der Waals surface area contributed by atoms with E-state index in [9.17, 15) is 8.78 Å². The van der Waals surface area contributed by atoms with Crippen molar-refractivity contribution < 1.29 is 8.78 Å². The third-order valence-corrected chi connectivity index (χ3v) is 2.23. The molecule has 1 rings (SSSR count). The fourth-order valence-corrected chi connectivity index (χ4v) is 1.39. The summed E-state index contributed by atoms with van der Waals surface area (Å²) in [7, 11) is 1.82. The Labute approximate surface area is 83.1 Å². The Morgan fingerprint density at radius 1 is 1.29 bits per heavy atom. The van der Waals surface area contributed by atoms with Gasteiger partial charge in [-0.25, -0.2) is 8.78 Å². The van der Waals surface area contributed by atoms with E-state index in [2.05, 4.69) is 5.32 Å². The Balaban J connectivity index is 2.79. The zero-order chi connectivity index (χ0) is 10.6. The van der Waals surface area contributed by atoms with E-state index >= 15 is 0 Å². The molecule has 0 unspecified atom stereocenters. The molecule has 0 saturated carbocycles. The molecular weight excluding hydrogens is 184 g/mol. The highest BCUT2D eigenvalue weighted by molar-refractivity contribution is 5.26. The molecule has 1 nitrogen and oxygen atoms in total. The monoisotopic (exact) mass is 199 g/mol. The lowest BCUT2D eigenvalue weighted by molar-refractivity contribution is 0.542. The summed E-state index contributed by atoms with van der Waals surface area (Å²) in [6.07, 6.45) is 1.19. The first-order valence-corrected chi connectivity index (χ1v) is 4.75. The molecule has 1 N–H and O–H groups in total. The van der Waals surface area contributed by atoms with E-state index < -0.39 is 11.6 Å². The van der Waals surface area contributed by atoms with Crippen LogP contribution in [0.3, 0.4) is 0 Å². The topological polar surface area (TPSA) is 12.0 Å². The van der Waals surface area contributed by atoms with Gasteiger partial charge in [0.05, 0.1) is 0 Å². The fraction of sp³-hybridized carbons (Fsp3) is 0.455. The molecule has 78 valence electrons. The van der Waals surface area contributed by atoms with Crippen LogP contribution in [-0.4, -0.2) is 13.6 Å². The second kappa shape index (κ2) is 5.05. The standard InChI is InChI=1S/C11H15F2N/c1-8-5-6-10(12)9(11(8)13)4-3-7-14-2/h5-6,14H,3-4,7H2,1-2H3. The van der Waals surface area contributed by atoms with E-state index in [0.29, 0.717) is 12.0 Å². The van der Waals surface area contributed by atoms with Gasteiger partial charge in [0.2, 0.25) is 0 Å². The van der Waals surface area contributed by atoms with Crippen molar-refractivity contribution in [3.05, 3.63) is 34.9 Å². The molecule has 0 atom stereocenters. The summed E-state index contributed by atoms with van der Waals surface area (Å²) < 4.78 is 26.6. The van der Waals surface area contributed by atoms with Crippen LogP contribution in [0, 0.1) is 18.6 Å². The summed E-state index contributed by atoms with van der Waals surface area (Å²) in [6, 6.07) is 2.79. The van der Waals surface area contributed by atoms with Crippen LogP contribution in [0.25, 0.3) is 0 Å². The predicted molar refractivity (Wildman–Crippen MR) is 53.3 cm³/mol. The van der Waals surface area contributed by atoms with Gasteiger partial charge in [0.1, 0.15) is 11.6 Å². The quantitative estimate of drug-likeness (QED) is 0.734. The van der Waals surface area contributed by atoms with Crippen LogP contribution < -0.4 is 5.32 Å². The molecule has 0 spiro atoms. The smallest absolute Gasteiger partial charge is 0.132 e. The minimum atomic E-state index is -0.441. The third-order valence-electron chi connectivity index (χ3n) is 2.23. The molecule has 0 aromatic heterocycles. The molecule has 0 aliphatic heterocycles. The summed E-state index contributed by atoms with van der Waals surface area (Å²) in [5.41, 5.74) is 0.714. The molecule has 0 amide bonds. The Kier molecular flexibility index (Phi) is 4.01. The van der Waals surface area contributed by atoms with Crippen LogP contribution in [0.15, 0.2) is 12.1 Å². The van der Waals surface area contributed by atoms with Gasteiger partial charge in [-0.15, -0.1) is 0 Å². The highest BCUT2D eigenvalue weighted by atomic mass is 19.1. The number of hydrogen-bond donors (Lipinski definition) is 1. The van der Waals surface area contributed by atoms with Gasteiger partial charge >= 0.3 is 0 Å². The van der Waals surface area contributed by atoms with Gasteiger partial charge in [-0.05, 0) is 45.0 Å². The van der Waals surface area contributed by atoms with Crippen LogP contribution in [-0.2, 0) is 6.42 Å². The summed E-state index contributed by atoms with van der Waals surface area (Å²) >= 11 is 0. The largest absolute Gasteiger partial charge is 0.320 e. The first-order valence-electron chi connectivity index (χ1n) is 4.75.